The molecule has 0 atom stereocenters. The van der Waals surface area contributed by atoms with Crippen molar-refractivity contribution in [3.63, 3.8) is 0 Å². The molecule has 1 rings (SSSR count). The van der Waals surface area contributed by atoms with Crippen molar-refractivity contribution in [2.75, 3.05) is 33.4 Å². The molecule has 0 aliphatic rings. The van der Waals surface area contributed by atoms with E-state index in [-0.39, 0.29) is 12.0 Å². The Hall–Kier alpha value is -1.26. The first-order chi connectivity index (χ1) is 9.07. The van der Waals surface area contributed by atoms with Crippen LogP contribution in [0.5, 0.6) is 11.5 Å². The van der Waals surface area contributed by atoms with E-state index in [0.717, 1.165) is 31.0 Å². The van der Waals surface area contributed by atoms with Gasteiger partial charge < -0.3 is 19.9 Å². The van der Waals surface area contributed by atoms with E-state index in [2.05, 4.69) is 19.2 Å². The summed E-state index contributed by atoms with van der Waals surface area (Å²) in [5.74, 6) is 1.67. The molecule has 0 amide bonds. The number of hydrogen-bond acceptors (Lipinski definition) is 4. The van der Waals surface area contributed by atoms with E-state index in [0.29, 0.717) is 6.61 Å². The molecule has 2 N–H and O–H groups in total. The van der Waals surface area contributed by atoms with Crippen LogP contribution in [0.4, 0.5) is 0 Å². The van der Waals surface area contributed by atoms with Gasteiger partial charge in [-0.3, -0.25) is 0 Å². The van der Waals surface area contributed by atoms with E-state index >= 15 is 0 Å². The Morgan fingerprint density at radius 3 is 2.37 bits per heavy atom. The van der Waals surface area contributed by atoms with Crippen LogP contribution in [0.2, 0.25) is 0 Å². The van der Waals surface area contributed by atoms with Gasteiger partial charge in [-0.05, 0) is 36.1 Å². The highest BCUT2D eigenvalue weighted by atomic mass is 16.5. The number of hydrogen-bond donors (Lipinski definition) is 2. The standard InChI is InChI=1S/C15H25NO3/c1-15(2,8-10-17)12-16-9-11-19-14-6-4-13(18-3)5-7-14/h4-7,16-17H,8-12H2,1-3H3. The molecule has 108 valence electrons. The third kappa shape index (κ3) is 6.45. The second-order valence-corrected chi connectivity index (χ2v) is 5.34. The Balaban J connectivity index is 2.16. The molecule has 4 heteroatoms. The third-order valence-corrected chi connectivity index (χ3v) is 3.00. The number of methoxy groups -OCH3 is 1. The molecule has 0 aliphatic carbocycles. The van der Waals surface area contributed by atoms with E-state index < -0.39 is 0 Å². The van der Waals surface area contributed by atoms with Crippen LogP contribution in [-0.4, -0.2) is 38.5 Å². The zero-order valence-electron chi connectivity index (χ0n) is 12.1. The molecule has 0 bridgehead atoms. The fourth-order valence-corrected chi connectivity index (χ4v) is 1.73. The molecule has 0 unspecified atom stereocenters. The van der Waals surface area contributed by atoms with Gasteiger partial charge in [0.25, 0.3) is 0 Å². The molecule has 4 nitrogen and oxygen atoms in total. The van der Waals surface area contributed by atoms with Gasteiger partial charge in [-0.1, -0.05) is 13.8 Å². The maximum atomic E-state index is 8.93. The molecule has 1 aromatic rings. The highest BCUT2D eigenvalue weighted by Gasteiger charge is 2.15. The molecule has 0 spiro atoms. The number of aliphatic hydroxyl groups is 1. The molecule has 0 saturated heterocycles. The minimum absolute atomic E-state index is 0.120. The number of nitrogens with one attached hydrogen (secondary N) is 1. The Labute approximate surface area is 115 Å². The lowest BCUT2D eigenvalue weighted by Crippen LogP contribution is -2.32. The van der Waals surface area contributed by atoms with Crippen LogP contribution in [0.25, 0.3) is 0 Å². The van der Waals surface area contributed by atoms with Crippen molar-refractivity contribution in [2.45, 2.75) is 20.3 Å². The summed E-state index contributed by atoms with van der Waals surface area (Å²) in [5.41, 5.74) is 0.120. The van der Waals surface area contributed by atoms with Gasteiger partial charge in [0.05, 0.1) is 7.11 Å². The third-order valence-electron chi connectivity index (χ3n) is 3.00. The van der Waals surface area contributed by atoms with Crippen molar-refractivity contribution in [2.24, 2.45) is 5.41 Å². The van der Waals surface area contributed by atoms with Gasteiger partial charge in [0.1, 0.15) is 18.1 Å². The highest BCUT2D eigenvalue weighted by Crippen LogP contribution is 2.18. The zero-order valence-corrected chi connectivity index (χ0v) is 12.1. The van der Waals surface area contributed by atoms with Crippen LogP contribution in [0, 0.1) is 5.41 Å². The first kappa shape index (κ1) is 15.8. The van der Waals surface area contributed by atoms with Crippen LogP contribution >= 0.6 is 0 Å². The van der Waals surface area contributed by atoms with Crippen molar-refractivity contribution in [3.8, 4) is 11.5 Å². The summed E-state index contributed by atoms with van der Waals surface area (Å²) in [6.07, 6.45) is 0.805. The lowest BCUT2D eigenvalue weighted by molar-refractivity contribution is 0.204. The summed E-state index contributed by atoms with van der Waals surface area (Å²) in [6, 6.07) is 7.56. The quantitative estimate of drug-likeness (QED) is 0.673. The molecule has 0 fully saturated rings. The largest absolute Gasteiger partial charge is 0.497 e. The summed E-state index contributed by atoms with van der Waals surface area (Å²) < 4.78 is 10.7. The number of ether oxygens (including phenoxy) is 2. The average Bonchev–Trinajstić information content (AvgIpc) is 2.39. The van der Waals surface area contributed by atoms with Crippen LogP contribution in [0.3, 0.4) is 0 Å². The van der Waals surface area contributed by atoms with E-state index in [9.17, 15) is 0 Å². The summed E-state index contributed by atoms with van der Waals surface area (Å²) >= 11 is 0. The predicted octanol–water partition coefficient (Wildman–Crippen LogP) is 2.07. The van der Waals surface area contributed by atoms with Gasteiger partial charge in [0.2, 0.25) is 0 Å². The molecule has 0 saturated carbocycles. The molecule has 0 aliphatic heterocycles. The fraction of sp³-hybridized carbons (Fsp3) is 0.600. The van der Waals surface area contributed by atoms with Gasteiger partial charge in [-0.2, -0.15) is 0 Å². The second kappa shape index (κ2) is 8.02. The number of benzene rings is 1. The zero-order chi connectivity index (χ0) is 14.1. The van der Waals surface area contributed by atoms with Crippen molar-refractivity contribution in [1.29, 1.82) is 0 Å². The van der Waals surface area contributed by atoms with Gasteiger partial charge in [0.15, 0.2) is 0 Å². The van der Waals surface area contributed by atoms with E-state index in [1.807, 2.05) is 24.3 Å². The summed E-state index contributed by atoms with van der Waals surface area (Å²) in [5, 5.41) is 12.3. The topological polar surface area (TPSA) is 50.7 Å². The Kier molecular flexibility index (Phi) is 6.67. The number of aliphatic hydroxyl groups excluding tert-OH is 1. The normalized spacial score (nSPS) is 11.4. The number of rotatable bonds is 9. The molecule has 0 radical (unpaired) electrons. The minimum Gasteiger partial charge on any atom is -0.497 e. The van der Waals surface area contributed by atoms with Crippen LogP contribution in [-0.2, 0) is 0 Å². The van der Waals surface area contributed by atoms with E-state index in [1.165, 1.54) is 0 Å². The molecule has 0 heterocycles. The average molecular weight is 267 g/mol. The van der Waals surface area contributed by atoms with Crippen LogP contribution in [0.1, 0.15) is 20.3 Å². The van der Waals surface area contributed by atoms with Crippen molar-refractivity contribution in [3.05, 3.63) is 24.3 Å². The molecular weight excluding hydrogens is 242 g/mol. The van der Waals surface area contributed by atoms with E-state index in [4.69, 9.17) is 14.6 Å². The summed E-state index contributed by atoms with van der Waals surface area (Å²) in [7, 11) is 1.65. The Morgan fingerprint density at radius 1 is 1.16 bits per heavy atom. The molecule has 1 aromatic carbocycles. The fourth-order valence-electron chi connectivity index (χ4n) is 1.73. The summed E-state index contributed by atoms with van der Waals surface area (Å²) in [4.78, 5) is 0. The molecule has 19 heavy (non-hydrogen) atoms. The molecule has 0 aromatic heterocycles. The van der Waals surface area contributed by atoms with Gasteiger partial charge in [-0.15, -0.1) is 0 Å². The second-order valence-electron chi connectivity index (χ2n) is 5.34. The van der Waals surface area contributed by atoms with Crippen molar-refractivity contribution < 1.29 is 14.6 Å². The Bertz CT molecular complexity index is 349. The van der Waals surface area contributed by atoms with E-state index in [1.54, 1.807) is 7.11 Å². The van der Waals surface area contributed by atoms with Crippen LogP contribution in [0.15, 0.2) is 24.3 Å². The van der Waals surface area contributed by atoms with Gasteiger partial charge in [0, 0.05) is 19.7 Å². The lowest BCUT2D eigenvalue weighted by atomic mass is 9.90. The van der Waals surface area contributed by atoms with Gasteiger partial charge >= 0.3 is 0 Å². The first-order valence-electron chi connectivity index (χ1n) is 6.66. The Morgan fingerprint density at radius 2 is 1.79 bits per heavy atom. The van der Waals surface area contributed by atoms with Crippen molar-refractivity contribution in [1.82, 2.24) is 5.32 Å². The van der Waals surface area contributed by atoms with Crippen LogP contribution < -0.4 is 14.8 Å². The highest BCUT2D eigenvalue weighted by molar-refractivity contribution is 5.31. The smallest absolute Gasteiger partial charge is 0.119 e. The van der Waals surface area contributed by atoms with Crippen molar-refractivity contribution >= 4 is 0 Å². The predicted molar refractivity (Wildman–Crippen MR) is 76.8 cm³/mol. The minimum atomic E-state index is 0.120. The monoisotopic (exact) mass is 267 g/mol. The maximum Gasteiger partial charge on any atom is 0.119 e. The first-order valence-corrected chi connectivity index (χ1v) is 6.66. The van der Waals surface area contributed by atoms with Gasteiger partial charge in [-0.25, -0.2) is 0 Å². The lowest BCUT2D eigenvalue weighted by Gasteiger charge is -2.23. The summed E-state index contributed by atoms with van der Waals surface area (Å²) in [6.45, 7) is 6.81. The SMILES string of the molecule is COc1ccc(OCCNCC(C)(C)CCO)cc1. The molecular formula is C15H25NO3. The maximum absolute atomic E-state index is 8.93.